The smallest absolute Gasteiger partial charge is 0.224 e. The molecule has 6 nitrogen and oxygen atoms in total. The van der Waals surface area contributed by atoms with Crippen LogP contribution in [0.4, 0.5) is 0 Å². The largest absolute Gasteiger partial charge is 0.497 e. The van der Waals surface area contributed by atoms with Crippen LogP contribution >= 0.6 is 0 Å². The van der Waals surface area contributed by atoms with Gasteiger partial charge in [-0.25, -0.2) is 4.68 Å². The molecule has 22 heavy (non-hydrogen) atoms. The molecule has 116 valence electrons. The SMILES string of the molecule is COc1ccc(-n2ccc(CNC(=O)C3CCNC3)n2)cc1. The van der Waals surface area contributed by atoms with Crippen LogP contribution in [0, 0.1) is 5.92 Å². The van der Waals surface area contributed by atoms with Gasteiger partial charge in [0.2, 0.25) is 5.91 Å². The first-order valence-corrected chi connectivity index (χ1v) is 7.43. The number of nitrogens with one attached hydrogen (secondary N) is 2. The summed E-state index contributed by atoms with van der Waals surface area (Å²) in [7, 11) is 1.64. The number of carbonyl (C=O) groups excluding carboxylic acids is 1. The molecule has 1 amide bonds. The second-order valence-corrected chi connectivity index (χ2v) is 5.36. The van der Waals surface area contributed by atoms with Crippen LogP contribution in [-0.4, -0.2) is 35.9 Å². The van der Waals surface area contributed by atoms with E-state index in [1.165, 1.54) is 0 Å². The molecule has 6 heteroatoms. The van der Waals surface area contributed by atoms with E-state index < -0.39 is 0 Å². The topological polar surface area (TPSA) is 68.2 Å². The van der Waals surface area contributed by atoms with E-state index in [1.807, 2.05) is 36.5 Å². The molecule has 0 bridgehead atoms. The molecule has 1 unspecified atom stereocenters. The minimum atomic E-state index is 0.0867. The second-order valence-electron chi connectivity index (χ2n) is 5.36. The minimum absolute atomic E-state index is 0.0867. The summed E-state index contributed by atoms with van der Waals surface area (Å²) in [5, 5.41) is 10.6. The second kappa shape index (κ2) is 6.62. The van der Waals surface area contributed by atoms with Crippen molar-refractivity contribution in [3.05, 3.63) is 42.2 Å². The Kier molecular flexibility index (Phi) is 4.39. The summed E-state index contributed by atoms with van der Waals surface area (Å²) in [6.45, 7) is 2.15. The summed E-state index contributed by atoms with van der Waals surface area (Å²) in [4.78, 5) is 12.0. The third-order valence-corrected chi connectivity index (χ3v) is 3.86. The zero-order chi connectivity index (χ0) is 15.4. The van der Waals surface area contributed by atoms with E-state index in [1.54, 1.807) is 11.8 Å². The normalized spacial score (nSPS) is 17.4. The first-order valence-electron chi connectivity index (χ1n) is 7.43. The van der Waals surface area contributed by atoms with Crippen LogP contribution in [0.3, 0.4) is 0 Å². The predicted octanol–water partition coefficient (Wildman–Crippen LogP) is 1.11. The standard InChI is InChI=1S/C16H20N4O2/c1-22-15-4-2-14(3-5-15)20-9-7-13(19-20)11-18-16(21)12-6-8-17-10-12/h2-5,7,9,12,17H,6,8,10-11H2,1H3,(H,18,21). The highest BCUT2D eigenvalue weighted by Crippen LogP contribution is 2.14. The Morgan fingerprint density at radius 2 is 2.23 bits per heavy atom. The molecule has 0 saturated carbocycles. The lowest BCUT2D eigenvalue weighted by atomic mass is 10.1. The number of amides is 1. The molecule has 2 aromatic rings. The molecule has 2 heterocycles. The van der Waals surface area contributed by atoms with Crippen LogP contribution in [0.25, 0.3) is 5.69 Å². The average Bonchev–Trinajstić information content (AvgIpc) is 3.24. The Morgan fingerprint density at radius 1 is 1.41 bits per heavy atom. The highest BCUT2D eigenvalue weighted by molar-refractivity contribution is 5.79. The van der Waals surface area contributed by atoms with Gasteiger partial charge >= 0.3 is 0 Å². The van der Waals surface area contributed by atoms with Gasteiger partial charge in [0.15, 0.2) is 0 Å². The van der Waals surface area contributed by atoms with E-state index in [9.17, 15) is 4.79 Å². The lowest BCUT2D eigenvalue weighted by Crippen LogP contribution is -2.31. The summed E-state index contributed by atoms with van der Waals surface area (Å²) in [6, 6.07) is 9.59. The third kappa shape index (κ3) is 3.28. The first-order chi connectivity index (χ1) is 10.8. The van der Waals surface area contributed by atoms with Crippen molar-refractivity contribution < 1.29 is 9.53 Å². The molecule has 1 atom stereocenters. The molecular formula is C16H20N4O2. The van der Waals surface area contributed by atoms with E-state index in [0.29, 0.717) is 6.54 Å². The fourth-order valence-electron chi connectivity index (χ4n) is 2.54. The molecule has 0 aliphatic carbocycles. The number of nitrogens with zero attached hydrogens (tertiary/aromatic N) is 2. The van der Waals surface area contributed by atoms with Crippen LogP contribution in [0.15, 0.2) is 36.5 Å². The maximum absolute atomic E-state index is 12.0. The van der Waals surface area contributed by atoms with Gasteiger partial charge in [0.1, 0.15) is 5.75 Å². The number of hydrogen-bond acceptors (Lipinski definition) is 4. The van der Waals surface area contributed by atoms with Gasteiger partial charge in [-0.1, -0.05) is 0 Å². The van der Waals surface area contributed by atoms with Crippen molar-refractivity contribution in [3.63, 3.8) is 0 Å². The molecule has 1 aliphatic heterocycles. The highest BCUT2D eigenvalue weighted by Gasteiger charge is 2.21. The summed E-state index contributed by atoms with van der Waals surface area (Å²) < 4.78 is 6.93. The number of hydrogen-bond donors (Lipinski definition) is 2. The molecule has 0 radical (unpaired) electrons. The van der Waals surface area contributed by atoms with Crippen LogP contribution in [0.1, 0.15) is 12.1 Å². The highest BCUT2D eigenvalue weighted by atomic mass is 16.5. The number of carbonyl (C=O) groups is 1. The van der Waals surface area contributed by atoms with Gasteiger partial charge < -0.3 is 15.4 Å². The van der Waals surface area contributed by atoms with E-state index in [4.69, 9.17) is 4.74 Å². The quantitative estimate of drug-likeness (QED) is 0.868. The molecular weight excluding hydrogens is 280 g/mol. The van der Waals surface area contributed by atoms with E-state index >= 15 is 0 Å². The number of benzene rings is 1. The maximum Gasteiger partial charge on any atom is 0.224 e. The van der Waals surface area contributed by atoms with Crippen molar-refractivity contribution in [2.24, 2.45) is 5.92 Å². The predicted molar refractivity (Wildman–Crippen MR) is 82.9 cm³/mol. The summed E-state index contributed by atoms with van der Waals surface area (Å²) in [6.07, 6.45) is 2.80. The summed E-state index contributed by atoms with van der Waals surface area (Å²) in [5.74, 6) is 1.00. The first kappa shape index (κ1) is 14.6. The number of aromatic nitrogens is 2. The Bertz CT molecular complexity index is 630. The van der Waals surface area contributed by atoms with E-state index in [2.05, 4.69) is 15.7 Å². The molecule has 3 rings (SSSR count). The molecule has 1 aromatic heterocycles. The van der Waals surface area contributed by atoms with Crippen molar-refractivity contribution >= 4 is 5.91 Å². The lowest BCUT2D eigenvalue weighted by molar-refractivity contribution is -0.124. The monoisotopic (exact) mass is 300 g/mol. The van der Waals surface area contributed by atoms with Crippen LogP contribution in [0.5, 0.6) is 5.75 Å². The van der Waals surface area contributed by atoms with Crippen molar-refractivity contribution in [2.45, 2.75) is 13.0 Å². The average molecular weight is 300 g/mol. The fourth-order valence-corrected chi connectivity index (χ4v) is 2.54. The van der Waals surface area contributed by atoms with Gasteiger partial charge in [0.05, 0.1) is 31.0 Å². The third-order valence-electron chi connectivity index (χ3n) is 3.86. The van der Waals surface area contributed by atoms with Crippen molar-refractivity contribution in [3.8, 4) is 11.4 Å². The Labute approximate surface area is 129 Å². The Balaban J connectivity index is 1.59. The Hall–Kier alpha value is -2.34. The number of rotatable bonds is 5. The summed E-state index contributed by atoms with van der Waals surface area (Å²) in [5.41, 5.74) is 1.80. The van der Waals surface area contributed by atoms with Gasteiger partial charge in [0.25, 0.3) is 0 Å². The summed E-state index contributed by atoms with van der Waals surface area (Å²) >= 11 is 0. The molecule has 1 saturated heterocycles. The van der Waals surface area contributed by atoms with E-state index in [0.717, 1.165) is 36.6 Å². The van der Waals surface area contributed by atoms with E-state index in [-0.39, 0.29) is 11.8 Å². The minimum Gasteiger partial charge on any atom is -0.497 e. The van der Waals surface area contributed by atoms with Gasteiger partial charge in [0, 0.05) is 12.7 Å². The molecule has 1 fully saturated rings. The van der Waals surface area contributed by atoms with Crippen LogP contribution in [-0.2, 0) is 11.3 Å². The zero-order valence-electron chi connectivity index (χ0n) is 12.6. The van der Waals surface area contributed by atoms with Crippen LogP contribution in [0.2, 0.25) is 0 Å². The molecule has 1 aliphatic rings. The zero-order valence-corrected chi connectivity index (χ0v) is 12.6. The van der Waals surface area contributed by atoms with Crippen molar-refractivity contribution in [1.29, 1.82) is 0 Å². The molecule has 2 N–H and O–H groups in total. The van der Waals surface area contributed by atoms with Gasteiger partial charge in [-0.2, -0.15) is 5.10 Å². The van der Waals surface area contributed by atoms with Crippen molar-refractivity contribution in [1.82, 2.24) is 20.4 Å². The van der Waals surface area contributed by atoms with Gasteiger partial charge in [-0.05, 0) is 43.3 Å². The van der Waals surface area contributed by atoms with Gasteiger partial charge in [-0.3, -0.25) is 4.79 Å². The van der Waals surface area contributed by atoms with Gasteiger partial charge in [-0.15, -0.1) is 0 Å². The molecule has 0 spiro atoms. The Morgan fingerprint density at radius 3 is 2.91 bits per heavy atom. The molecule has 1 aromatic carbocycles. The number of ether oxygens (including phenoxy) is 1. The number of methoxy groups -OCH3 is 1. The van der Waals surface area contributed by atoms with Crippen LogP contribution < -0.4 is 15.4 Å². The maximum atomic E-state index is 12.0. The van der Waals surface area contributed by atoms with Crippen molar-refractivity contribution in [2.75, 3.05) is 20.2 Å². The fraction of sp³-hybridized carbons (Fsp3) is 0.375. The lowest BCUT2D eigenvalue weighted by Gasteiger charge is -2.08.